The number of nitrogens with zero attached hydrogens (tertiary/aromatic N) is 3. The smallest absolute Gasteiger partial charge is 0.358 e. The van der Waals surface area contributed by atoms with Crippen molar-refractivity contribution >= 4 is 40.6 Å². The molecule has 7 nitrogen and oxygen atoms in total. The van der Waals surface area contributed by atoms with E-state index in [1.807, 2.05) is 0 Å². The third kappa shape index (κ3) is 3.25. The molecule has 1 aromatic heterocycles. The van der Waals surface area contributed by atoms with Crippen LogP contribution >= 0.6 is 23.2 Å². The van der Waals surface area contributed by atoms with Gasteiger partial charge in [-0.25, -0.2) is 0 Å². The van der Waals surface area contributed by atoms with E-state index in [0.717, 1.165) is 0 Å². The molecule has 1 heterocycles. The Bertz CT molecular complexity index is 671. The summed E-state index contributed by atoms with van der Waals surface area (Å²) >= 11 is 11.8. The number of aromatic nitrogens is 2. The summed E-state index contributed by atoms with van der Waals surface area (Å²) in [7, 11) is 0. The maximum Gasteiger partial charge on any atom is 0.381 e. The van der Waals surface area contributed by atoms with Gasteiger partial charge in [0.2, 0.25) is 12.2 Å². The molecular weight excluding hydrogens is 307 g/mol. The fourth-order valence-electron chi connectivity index (χ4n) is 1.48. The van der Waals surface area contributed by atoms with Crippen LogP contribution in [0.4, 0.5) is 11.5 Å². The van der Waals surface area contributed by atoms with Crippen LogP contribution in [0.3, 0.4) is 0 Å². The summed E-state index contributed by atoms with van der Waals surface area (Å²) in [6.07, 6.45) is 2.37. The van der Waals surface area contributed by atoms with E-state index < -0.39 is 10.8 Å². The van der Waals surface area contributed by atoms with Gasteiger partial charge in [-0.3, -0.25) is 4.79 Å². The molecule has 0 unspecified atom stereocenters. The average molecular weight is 315 g/mol. The SMILES string of the molecule is O=C(Cn1cnc([N+](=O)[O-])c1)Nc1cccc(Cl)c1Cl. The number of carbonyl (C=O) groups excluding carboxylic acids is 1. The summed E-state index contributed by atoms with van der Waals surface area (Å²) in [4.78, 5) is 25.2. The molecule has 1 N–H and O–H groups in total. The van der Waals surface area contributed by atoms with Crippen LogP contribution < -0.4 is 5.32 Å². The highest BCUT2D eigenvalue weighted by Crippen LogP contribution is 2.29. The lowest BCUT2D eigenvalue weighted by molar-refractivity contribution is -0.389. The predicted molar refractivity (Wildman–Crippen MR) is 74.0 cm³/mol. The van der Waals surface area contributed by atoms with Crippen molar-refractivity contribution in [2.45, 2.75) is 6.54 Å². The van der Waals surface area contributed by atoms with E-state index in [2.05, 4.69) is 10.3 Å². The van der Waals surface area contributed by atoms with E-state index >= 15 is 0 Å². The van der Waals surface area contributed by atoms with Gasteiger partial charge in [-0.2, -0.15) is 0 Å². The molecule has 0 fully saturated rings. The summed E-state index contributed by atoms with van der Waals surface area (Å²) < 4.78 is 1.30. The van der Waals surface area contributed by atoms with Gasteiger partial charge in [0.25, 0.3) is 0 Å². The van der Waals surface area contributed by atoms with Crippen LogP contribution in [0.25, 0.3) is 0 Å². The number of nitro groups is 1. The highest BCUT2D eigenvalue weighted by atomic mass is 35.5. The standard InChI is InChI=1S/C11H8Cl2N4O3/c12-7-2-1-3-8(11(7)13)15-10(18)5-16-4-9(14-6-16)17(19)20/h1-4,6H,5H2,(H,15,18). The van der Waals surface area contributed by atoms with Crippen molar-refractivity contribution in [3.8, 4) is 0 Å². The van der Waals surface area contributed by atoms with Crippen molar-refractivity contribution in [1.29, 1.82) is 0 Å². The lowest BCUT2D eigenvalue weighted by Gasteiger charge is -2.07. The molecule has 0 bridgehead atoms. The van der Waals surface area contributed by atoms with E-state index in [1.54, 1.807) is 18.2 Å². The number of carbonyl (C=O) groups is 1. The second kappa shape index (κ2) is 5.89. The summed E-state index contributed by atoms with van der Waals surface area (Å²) in [6.45, 7) is -0.121. The molecule has 0 atom stereocenters. The van der Waals surface area contributed by atoms with Crippen molar-refractivity contribution in [2.24, 2.45) is 0 Å². The molecule has 0 saturated heterocycles. The highest BCUT2D eigenvalue weighted by molar-refractivity contribution is 6.43. The van der Waals surface area contributed by atoms with Crippen LogP contribution in [0.2, 0.25) is 10.0 Å². The van der Waals surface area contributed by atoms with E-state index in [4.69, 9.17) is 23.2 Å². The Morgan fingerprint density at radius 3 is 2.85 bits per heavy atom. The van der Waals surface area contributed by atoms with E-state index in [-0.39, 0.29) is 17.4 Å². The van der Waals surface area contributed by atoms with Gasteiger partial charge in [0, 0.05) is 0 Å². The summed E-state index contributed by atoms with van der Waals surface area (Å²) in [6, 6.07) is 4.84. The van der Waals surface area contributed by atoms with Gasteiger partial charge >= 0.3 is 5.82 Å². The van der Waals surface area contributed by atoms with Crippen LogP contribution in [0.1, 0.15) is 0 Å². The minimum absolute atomic E-state index is 0.121. The number of nitrogens with one attached hydrogen (secondary N) is 1. The second-order valence-electron chi connectivity index (χ2n) is 3.81. The molecule has 0 aliphatic rings. The van der Waals surface area contributed by atoms with Crippen LogP contribution in [-0.4, -0.2) is 20.4 Å². The molecule has 0 saturated carbocycles. The molecule has 1 aromatic carbocycles. The Labute approximate surface area is 123 Å². The van der Waals surface area contributed by atoms with E-state index in [1.165, 1.54) is 17.1 Å². The molecule has 104 valence electrons. The molecule has 2 rings (SSSR count). The summed E-state index contributed by atoms with van der Waals surface area (Å²) in [5.74, 6) is -0.722. The summed E-state index contributed by atoms with van der Waals surface area (Å²) in [5.41, 5.74) is 0.374. The fourth-order valence-corrected chi connectivity index (χ4v) is 1.83. The quantitative estimate of drug-likeness (QED) is 0.694. The Kier molecular flexibility index (Phi) is 4.21. The average Bonchev–Trinajstić information content (AvgIpc) is 2.83. The number of rotatable bonds is 4. The van der Waals surface area contributed by atoms with Gasteiger partial charge in [0.15, 0.2) is 0 Å². The number of hydrogen-bond donors (Lipinski definition) is 1. The van der Waals surface area contributed by atoms with Gasteiger partial charge in [-0.1, -0.05) is 29.3 Å². The molecule has 0 spiro atoms. The van der Waals surface area contributed by atoms with Crippen LogP contribution in [0, 0.1) is 10.1 Å². The number of amides is 1. The van der Waals surface area contributed by atoms with Crippen molar-refractivity contribution in [2.75, 3.05) is 5.32 Å². The van der Waals surface area contributed by atoms with Gasteiger partial charge in [-0.15, -0.1) is 0 Å². The molecule has 9 heteroatoms. The third-order valence-corrected chi connectivity index (χ3v) is 3.18. The summed E-state index contributed by atoms with van der Waals surface area (Å²) in [5, 5.41) is 13.6. The number of imidazole rings is 1. The van der Waals surface area contributed by atoms with E-state index in [0.29, 0.717) is 10.7 Å². The maximum atomic E-state index is 11.8. The topological polar surface area (TPSA) is 90.1 Å². The van der Waals surface area contributed by atoms with Crippen LogP contribution in [0.5, 0.6) is 0 Å². The van der Waals surface area contributed by atoms with Gasteiger partial charge in [0.05, 0.1) is 15.7 Å². The Balaban J connectivity index is 2.05. The van der Waals surface area contributed by atoms with Gasteiger partial charge in [-0.05, 0) is 22.0 Å². The minimum Gasteiger partial charge on any atom is -0.358 e. The lowest BCUT2D eigenvalue weighted by Crippen LogP contribution is -2.18. The Hall–Kier alpha value is -2.12. The first-order chi connectivity index (χ1) is 9.47. The predicted octanol–water partition coefficient (Wildman–Crippen LogP) is 2.74. The Morgan fingerprint density at radius 1 is 1.45 bits per heavy atom. The van der Waals surface area contributed by atoms with E-state index in [9.17, 15) is 14.9 Å². The maximum absolute atomic E-state index is 11.8. The van der Waals surface area contributed by atoms with Crippen molar-refractivity contribution in [3.63, 3.8) is 0 Å². The molecule has 20 heavy (non-hydrogen) atoms. The molecular formula is C11H8Cl2N4O3. The zero-order chi connectivity index (χ0) is 14.7. The zero-order valence-corrected chi connectivity index (χ0v) is 11.4. The molecule has 0 aliphatic heterocycles. The first kappa shape index (κ1) is 14.3. The van der Waals surface area contributed by atoms with Gasteiger partial charge in [0.1, 0.15) is 12.7 Å². The van der Waals surface area contributed by atoms with Crippen LogP contribution in [0.15, 0.2) is 30.7 Å². The lowest BCUT2D eigenvalue weighted by atomic mass is 10.3. The number of benzene rings is 1. The van der Waals surface area contributed by atoms with Crippen molar-refractivity contribution in [3.05, 3.63) is 50.9 Å². The van der Waals surface area contributed by atoms with Gasteiger partial charge < -0.3 is 20.0 Å². The molecule has 1 amide bonds. The monoisotopic (exact) mass is 314 g/mol. The third-order valence-electron chi connectivity index (χ3n) is 2.36. The zero-order valence-electron chi connectivity index (χ0n) is 9.92. The van der Waals surface area contributed by atoms with Crippen molar-refractivity contribution in [1.82, 2.24) is 9.55 Å². The molecule has 2 aromatic rings. The van der Waals surface area contributed by atoms with Crippen molar-refractivity contribution < 1.29 is 9.72 Å². The molecule has 0 radical (unpaired) electrons. The van der Waals surface area contributed by atoms with Crippen LogP contribution in [-0.2, 0) is 11.3 Å². The number of hydrogen-bond acceptors (Lipinski definition) is 4. The minimum atomic E-state index is -0.637. The first-order valence-corrected chi connectivity index (χ1v) is 6.13. The first-order valence-electron chi connectivity index (χ1n) is 5.37. The second-order valence-corrected chi connectivity index (χ2v) is 4.60. The number of halogens is 2. The normalized spacial score (nSPS) is 10.3. The molecule has 0 aliphatic carbocycles. The fraction of sp³-hybridized carbons (Fsp3) is 0.0909. The largest absolute Gasteiger partial charge is 0.381 e. The Morgan fingerprint density at radius 2 is 2.20 bits per heavy atom. The highest BCUT2D eigenvalue weighted by Gasteiger charge is 2.13. The number of anilines is 1.